The molecule has 0 saturated heterocycles. The van der Waals surface area contributed by atoms with Gasteiger partial charge in [0.15, 0.2) is 0 Å². The maximum absolute atomic E-state index is 12.4. The standard InChI is InChI=1S/C21H23ClN2O3/c1-14(25)24-19(16-6-8-18(22)9-7-16)11-21(26)23-12-15-10-17-4-2-3-5-20(17)27-13-15/h2-9,15,19H,10-13H2,1H3,(H,23,26)(H,24,25). The summed E-state index contributed by atoms with van der Waals surface area (Å²) in [7, 11) is 0. The lowest BCUT2D eigenvalue weighted by molar-refractivity contribution is -0.123. The number of ether oxygens (including phenoxy) is 1. The normalized spacial score (nSPS) is 16.6. The molecule has 0 saturated carbocycles. The molecule has 0 fully saturated rings. The van der Waals surface area contributed by atoms with E-state index >= 15 is 0 Å². The summed E-state index contributed by atoms with van der Waals surface area (Å²) in [5, 5.41) is 6.42. The largest absolute Gasteiger partial charge is 0.493 e. The molecular weight excluding hydrogens is 364 g/mol. The lowest BCUT2D eigenvalue weighted by Crippen LogP contribution is -2.37. The number of para-hydroxylation sites is 1. The number of hydrogen-bond acceptors (Lipinski definition) is 3. The molecule has 0 radical (unpaired) electrons. The molecule has 2 aromatic rings. The maximum Gasteiger partial charge on any atom is 0.222 e. The van der Waals surface area contributed by atoms with Gasteiger partial charge in [0.25, 0.3) is 0 Å². The fourth-order valence-electron chi connectivity index (χ4n) is 3.23. The van der Waals surface area contributed by atoms with E-state index < -0.39 is 0 Å². The van der Waals surface area contributed by atoms with Crippen molar-refractivity contribution in [3.05, 3.63) is 64.7 Å². The van der Waals surface area contributed by atoms with Crippen LogP contribution in [0.25, 0.3) is 0 Å². The summed E-state index contributed by atoms with van der Waals surface area (Å²) in [4.78, 5) is 23.9. The Kier molecular flexibility index (Phi) is 6.35. The molecular formula is C21H23ClN2O3. The van der Waals surface area contributed by atoms with Gasteiger partial charge in [-0.1, -0.05) is 41.9 Å². The van der Waals surface area contributed by atoms with Crippen LogP contribution in [0.4, 0.5) is 0 Å². The Bertz CT molecular complexity index is 807. The summed E-state index contributed by atoms with van der Waals surface area (Å²) < 4.78 is 5.76. The highest BCUT2D eigenvalue weighted by Crippen LogP contribution is 2.26. The quantitative estimate of drug-likeness (QED) is 0.800. The van der Waals surface area contributed by atoms with E-state index in [1.807, 2.05) is 30.3 Å². The van der Waals surface area contributed by atoms with Gasteiger partial charge in [0, 0.05) is 24.4 Å². The van der Waals surface area contributed by atoms with E-state index in [4.69, 9.17) is 16.3 Å². The minimum Gasteiger partial charge on any atom is -0.493 e. The van der Waals surface area contributed by atoms with Crippen molar-refractivity contribution in [2.45, 2.75) is 25.8 Å². The van der Waals surface area contributed by atoms with E-state index in [9.17, 15) is 9.59 Å². The number of carbonyl (C=O) groups is 2. The fourth-order valence-corrected chi connectivity index (χ4v) is 3.36. The Balaban J connectivity index is 1.55. The molecule has 1 aliphatic heterocycles. The molecule has 2 amide bonds. The minimum absolute atomic E-state index is 0.109. The van der Waals surface area contributed by atoms with Crippen LogP contribution in [0.15, 0.2) is 48.5 Å². The van der Waals surface area contributed by atoms with Gasteiger partial charge in [0.2, 0.25) is 11.8 Å². The van der Waals surface area contributed by atoms with E-state index in [2.05, 4.69) is 16.7 Å². The van der Waals surface area contributed by atoms with Crippen LogP contribution < -0.4 is 15.4 Å². The molecule has 0 aromatic heterocycles. The van der Waals surface area contributed by atoms with Crippen molar-refractivity contribution in [1.29, 1.82) is 0 Å². The van der Waals surface area contributed by atoms with Crippen molar-refractivity contribution in [3.63, 3.8) is 0 Å². The van der Waals surface area contributed by atoms with Gasteiger partial charge < -0.3 is 15.4 Å². The molecule has 0 bridgehead atoms. The molecule has 2 N–H and O–H groups in total. The van der Waals surface area contributed by atoms with Crippen molar-refractivity contribution in [2.75, 3.05) is 13.2 Å². The first kappa shape index (κ1) is 19.2. The summed E-state index contributed by atoms with van der Waals surface area (Å²) in [6, 6.07) is 14.7. The zero-order chi connectivity index (χ0) is 19.2. The van der Waals surface area contributed by atoms with Crippen LogP contribution in [0.3, 0.4) is 0 Å². The third kappa shape index (κ3) is 5.47. The second kappa shape index (κ2) is 8.91. The summed E-state index contributed by atoms with van der Waals surface area (Å²) in [5.41, 5.74) is 2.01. The first-order valence-electron chi connectivity index (χ1n) is 9.01. The second-order valence-corrected chi connectivity index (χ2v) is 7.24. The number of nitrogens with one attached hydrogen (secondary N) is 2. The number of benzene rings is 2. The van der Waals surface area contributed by atoms with Crippen LogP contribution in [-0.2, 0) is 16.0 Å². The van der Waals surface area contributed by atoms with Crippen LogP contribution in [0.1, 0.15) is 30.5 Å². The highest BCUT2D eigenvalue weighted by Gasteiger charge is 2.21. The van der Waals surface area contributed by atoms with Crippen molar-refractivity contribution >= 4 is 23.4 Å². The predicted octanol–water partition coefficient (Wildman–Crippen LogP) is 3.27. The average Bonchev–Trinajstić information content (AvgIpc) is 2.66. The number of halogens is 1. The Hall–Kier alpha value is -2.53. The SMILES string of the molecule is CC(=O)NC(CC(=O)NCC1COc2ccccc2C1)c1ccc(Cl)cc1. The second-order valence-electron chi connectivity index (χ2n) is 6.80. The summed E-state index contributed by atoms with van der Waals surface area (Å²) in [6.07, 6.45) is 1.05. The van der Waals surface area contributed by atoms with E-state index in [0.29, 0.717) is 18.2 Å². The number of amides is 2. The van der Waals surface area contributed by atoms with E-state index in [-0.39, 0.29) is 30.2 Å². The summed E-state index contributed by atoms with van der Waals surface area (Å²) in [5.74, 6) is 0.870. The van der Waals surface area contributed by atoms with Gasteiger partial charge in [0.1, 0.15) is 5.75 Å². The zero-order valence-electron chi connectivity index (χ0n) is 15.2. The van der Waals surface area contributed by atoms with E-state index in [1.165, 1.54) is 12.5 Å². The smallest absolute Gasteiger partial charge is 0.222 e. The topological polar surface area (TPSA) is 67.4 Å². The monoisotopic (exact) mass is 386 g/mol. The van der Waals surface area contributed by atoms with Gasteiger partial charge in [-0.3, -0.25) is 9.59 Å². The Morgan fingerprint density at radius 3 is 2.67 bits per heavy atom. The number of fused-ring (bicyclic) bond motifs is 1. The molecule has 2 aromatic carbocycles. The van der Waals surface area contributed by atoms with Gasteiger partial charge in [-0.15, -0.1) is 0 Å². The fraction of sp³-hybridized carbons (Fsp3) is 0.333. The number of rotatable bonds is 6. The van der Waals surface area contributed by atoms with Crippen LogP contribution in [0.2, 0.25) is 5.02 Å². The van der Waals surface area contributed by atoms with E-state index in [0.717, 1.165) is 17.7 Å². The zero-order valence-corrected chi connectivity index (χ0v) is 16.0. The molecule has 142 valence electrons. The molecule has 5 nitrogen and oxygen atoms in total. The van der Waals surface area contributed by atoms with Crippen LogP contribution in [0, 0.1) is 5.92 Å². The van der Waals surface area contributed by atoms with Gasteiger partial charge in [0.05, 0.1) is 19.1 Å². The molecule has 6 heteroatoms. The Labute approximate surface area is 164 Å². The highest BCUT2D eigenvalue weighted by molar-refractivity contribution is 6.30. The third-order valence-corrected chi connectivity index (χ3v) is 4.84. The first-order chi connectivity index (χ1) is 13.0. The Morgan fingerprint density at radius 2 is 1.93 bits per heavy atom. The Morgan fingerprint density at radius 1 is 1.19 bits per heavy atom. The molecule has 2 unspecified atom stereocenters. The van der Waals surface area contributed by atoms with Gasteiger partial charge in [-0.25, -0.2) is 0 Å². The molecule has 27 heavy (non-hydrogen) atoms. The first-order valence-corrected chi connectivity index (χ1v) is 9.39. The van der Waals surface area contributed by atoms with Crippen LogP contribution in [0.5, 0.6) is 5.75 Å². The third-order valence-electron chi connectivity index (χ3n) is 4.58. The molecule has 2 atom stereocenters. The number of hydrogen-bond donors (Lipinski definition) is 2. The van der Waals surface area contributed by atoms with E-state index in [1.54, 1.807) is 12.1 Å². The summed E-state index contributed by atoms with van der Waals surface area (Å²) in [6.45, 7) is 2.57. The lowest BCUT2D eigenvalue weighted by atomic mass is 9.96. The molecule has 3 rings (SSSR count). The van der Waals surface area contributed by atoms with Crippen LogP contribution >= 0.6 is 11.6 Å². The average molecular weight is 387 g/mol. The lowest BCUT2D eigenvalue weighted by Gasteiger charge is -2.26. The predicted molar refractivity (Wildman–Crippen MR) is 105 cm³/mol. The van der Waals surface area contributed by atoms with Crippen LogP contribution in [-0.4, -0.2) is 25.0 Å². The van der Waals surface area contributed by atoms with Crippen molar-refractivity contribution < 1.29 is 14.3 Å². The molecule has 1 aliphatic rings. The minimum atomic E-state index is -0.386. The van der Waals surface area contributed by atoms with Crippen molar-refractivity contribution in [1.82, 2.24) is 10.6 Å². The van der Waals surface area contributed by atoms with Crippen molar-refractivity contribution in [2.24, 2.45) is 5.92 Å². The molecule has 0 aliphatic carbocycles. The van der Waals surface area contributed by atoms with Gasteiger partial charge >= 0.3 is 0 Å². The highest BCUT2D eigenvalue weighted by atomic mass is 35.5. The maximum atomic E-state index is 12.4. The molecule has 1 heterocycles. The number of carbonyl (C=O) groups excluding carboxylic acids is 2. The van der Waals surface area contributed by atoms with Gasteiger partial charge in [-0.05, 0) is 35.7 Å². The van der Waals surface area contributed by atoms with Crippen molar-refractivity contribution in [3.8, 4) is 5.75 Å². The summed E-state index contributed by atoms with van der Waals surface area (Å²) >= 11 is 5.92. The van der Waals surface area contributed by atoms with Gasteiger partial charge in [-0.2, -0.15) is 0 Å². The molecule has 0 spiro atoms.